The third-order valence-electron chi connectivity index (χ3n) is 2.31. The van der Waals surface area contributed by atoms with Crippen molar-refractivity contribution in [1.82, 2.24) is 0 Å². The third-order valence-corrected chi connectivity index (χ3v) is 2.66. The van der Waals surface area contributed by atoms with Gasteiger partial charge >= 0.3 is 0 Å². The van der Waals surface area contributed by atoms with Crippen LogP contribution < -0.4 is 0 Å². The van der Waals surface area contributed by atoms with Crippen LogP contribution in [0.1, 0.15) is 24.5 Å². The first-order valence-corrected chi connectivity index (χ1v) is 5.21. The highest BCUT2D eigenvalue weighted by Gasteiger charge is 2.03. The molecule has 1 rings (SSSR count). The van der Waals surface area contributed by atoms with Crippen LogP contribution in [-0.2, 0) is 11.2 Å². The second-order valence-corrected chi connectivity index (χ2v) is 4.15. The summed E-state index contributed by atoms with van der Waals surface area (Å²) in [5.41, 5.74) is 2.30. The summed E-state index contributed by atoms with van der Waals surface area (Å²) in [5, 5.41) is 0.808. The van der Waals surface area contributed by atoms with E-state index in [1.165, 1.54) is 5.56 Å². The van der Waals surface area contributed by atoms with Crippen molar-refractivity contribution in [1.29, 1.82) is 0 Å². The van der Waals surface area contributed by atoms with Crippen molar-refractivity contribution < 1.29 is 4.79 Å². The van der Waals surface area contributed by atoms with Crippen LogP contribution in [-0.4, -0.2) is 6.29 Å². The Kier molecular flexibility index (Phi) is 4.15. The molecular formula is C12H15ClO. The zero-order valence-corrected chi connectivity index (χ0v) is 9.34. The van der Waals surface area contributed by atoms with Crippen LogP contribution in [0, 0.1) is 12.8 Å². The van der Waals surface area contributed by atoms with Crippen LogP contribution in [0.3, 0.4) is 0 Å². The number of carbonyl (C=O) groups excluding carboxylic acids is 1. The first-order chi connectivity index (χ1) is 6.63. The van der Waals surface area contributed by atoms with Crippen LogP contribution in [0.15, 0.2) is 18.2 Å². The summed E-state index contributed by atoms with van der Waals surface area (Å²) < 4.78 is 0. The molecule has 0 radical (unpaired) electrons. The minimum Gasteiger partial charge on any atom is -0.303 e. The normalized spacial score (nSPS) is 12.5. The van der Waals surface area contributed by atoms with Gasteiger partial charge in [0.2, 0.25) is 0 Å². The summed E-state index contributed by atoms with van der Waals surface area (Å²) in [6.07, 6.45) is 2.73. The predicted molar refractivity (Wildman–Crippen MR) is 59.7 cm³/mol. The van der Waals surface area contributed by atoms with Crippen LogP contribution in [0.4, 0.5) is 0 Å². The van der Waals surface area contributed by atoms with Crippen molar-refractivity contribution in [2.75, 3.05) is 0 Å². The van der Waals surface area contributed by atoms with Crippen LogP contribution in [0.2, 0.25) is 5.02 Å². The summed E-state index contributed by atoms with van der Waals surface area (Å²) >= 11 is 6.07. The van der Waals surface area contributed by atoms with Crippen LogP contribution in [0.25, 0.3) is 0 Å². The minimum absolute atomic E-state index is 0.118. The van der Waals surface area contributed by atoms with E-state index < -0.39 is 0 Å². The zero-order valence-electron chi connectivity index (χ0n) is 8.59. The molecule has 0 bridgehead atoms. The van der Waals surface area contributed by atoms with Gasteiger partial charge < -0.3 is 4.79 Å². The Hall–Kier alpha value is -0.820. The van der Waals surface area contributed by atoms with Gasteiger partial charge in [0.1, 0.15) is 6.29 Å². The Morgan fingerprint density at radius 3 is 2.79 bits per heavy atom. The molecule has 0 N–H and O–H groups in total. The number of benzene rings is 1. The maximum absolute atomic E-state index is 10.4. The average molecular weight is 211 g/mol. The Labute approximate surface area is 90.1 Å². The molecule has 1 nitrogen and oxygen atoms in total. The highest BCUT2D eigenvalue weighted by atomic mass is 35.5. The molecule has 0 aliphatic rings. The molecule has 0 aliphatic carbocycles. The second kappa shape index (κ2) is 5.16. The number of hydrogen-bond donors (Lipinski definition) is 0. The fraction of sp³-hybridized carbons (Fsp3) is 0.417. The molecule has 0 fully saturated rings. The molecule has 0 saturated heterocycles. The largest absolute Gasteiger partial charge is 0.303 e. The lowest BCUT2D eigenvalue weighted by Crippen LogP contribution is -1.98. The van der Waals surface area contributed by atoms with Crippen molar-refractivity contribution in [3.63, 3.8) is 0 Å². The molecule has 0 heterocycles. The van der Waals surface area contributed by atoms with Crippen molar-refractivity contribution in [3.8, 4) is 0 Å². The lowest BCUT2D eigenvalue weighted by molar-refractivity contribution is -0.110. The number of hydrogen-bond acceptors (Lipinski definition) is 1. The Morgan fingerprint density at radius 1 is 1.50 bits per heavy atom. The maximum Gasteiger partial charge on any atom is 0.122 e. The molecular weight excluding hydrogens is 196 g/mol. The van der Waals surface area contributed by atoms with Crippen molar-refractivity contribution in [2.45, 2.75) is 26.7 Å². The van der Waals surface area contributed by atoms with E-state index in [1.807, 2.05) is 32.0 Å². The van der Waals surface area contributed by atoms with E-state index in [9.17, 15) is 4.79 Å². The number of aldehydes is 1. The van der Waals surface area contributed by atoms with Gasteiger partial charge in [-0.25, -0.2) is 0 Å². The van der Waals surface area contributed by atoms with Gasteiger partial charge in [-0.05, 0) is 37.0 Å². The van der Waals surface area contributed by atoms with E-state index in [1.54, 1.807) is 0 Å². The minimum atomic E-state index is 0.118. The van der Waals surface area contributed by atoms with Gasteiger partial charge in [0, 0.05) is 10.9 Å². The summed E-state index contributed by atoms with van der Waals surface area (Å²) in [6, 6.07) is 6.05. The topological polar surface area (TPSA) is 17.1 Å². The molecule has 2 heteroatoms. The second-order valence-electron chi connectivity index (χ2n) is 3.75. The Morgan fingerprint density at radius 2 is 2.21 bits per heavy atom. The quantitative estimate of drug-likeness (QED) is 0.696. The summed E-state index contributed by atoms with van der Waals surface area (Å²) in [4.78, 5) is 10.4. The number of rotatable bonds is 4. The van der Waals surface area contributed by atoms with E-state index in [-0.39, 0.29) is 5.92 Å². The maximum atomic E-state index is 10.4. The van der Waals surface area contributed by atoms with Gasteiger partial charge in [-0.2, -0.15) is 0 Å². The van der Waals surface area contributed by atoms with Gasteiger partial charge in [0.15, 0.2) is 0 Å². The first kappa shape index (κ1) is 11.3. The van der Waals surface area contributed by atoms with E-state index in [4.69, 9.17) is 11.6 Å². The molecule has 0 spiro atoms. The predicted octanol–water partition coefficient (Wildman–Crippen LogP) is 3.42. The van der Waals surface area contributed by atoms with E-state index in [0.29, 0.717) is 0 Å². The highest BCUT2D eigenvalue weighted by Crippen LogP contribution is 2.20. The number of carbonyl (C=O) groups is 1. The molecule has 0 aliphatic heterocycles. The molecule has 76 valence electrons. The zero-order chi connectivity index (χ0) is 10.6. The van der Waals surface area contributed by atoms with Crippen LogP contribution in [0.5, 0.6) is 0 Å². The molecule has 1 aromatic carbocycles. The van der Waals surface area contributed by atoms with Gasteiger partial charge in [0.05, 0.1) is 0 Å². The van der Waals surface area contributed by atoms with E-state index in [0.717, 1.165) is 29.7 Å². The molecule has 1 unspecified atom stereocenters. The number of aryl methyl sites for hydroxylation is 2. The Balaban J connectivity index is 2.63. The fourth-order valence-corrected chi connectivity index (χ4v) is 1.64. The lowest BCUT2D eigenvalue weighted by atomic mass is 10.0. The van der Waals surface area contributed by atoms with E-state index in [2.05, 4.69) is 0 Å². The average Bonchev–Trinajstić information content (AvgIpc) is 2.16. The standard InChI is InChI=1S/C12H15ClO/c1-9-3-5-11(12(13)7-9)6-4-10(2)8-14/h3,5,7-8,10H,4,6H2,1-2H3. The monoisotopic (exact) mass is 210 g/mol. The summed E-state index contributed by atoms with van der Waals surface area (Å²) in [5.74, 6) is 0.118. The smallest absolute Gasteiger partial charge is 0.122 e. The number of halogens is 1. The molecule has 0 amide bonds. The molecule has 0 saturated carbocycles. The van der Waals surface area contributed by atoms with E-state index >= 15 is 0 Å². The van der Waals surface area contributed by atoms with Gasteiger partial charge in [-0.15, -0.1) is 0 Å². The van der Waals surface area contributed by atoms with Crippen molar-refractivity contribution in [3.05, 3.63) is 34.3 Å². The molecule has 0 aromatic heterocycles. The van der Waals surface area contributed by atoms with Gasteiger partial charge in [-0.1, -0.05) is 30.7 Å². The van der Waals surface area contributed by atoms with Crippen molar-refractivity contribution >= 4 is 17.9 Å². The molecule has 1 atom stereocenters. The summed E-state index contributed by atoms with van der Waals surface area (Å²) in [6.45, 7) is 3.94. The van der Waals surface area contributed by atoms with Gasteiger partial charge in [0.25, 0.3) is 0 Å². The molecule has 1 aromatic rings. The lowest BCUT2D eigenvalue weighted by Gasteiger charge is -2.06. The Bertz CT molecular complexity index is 320. The van der Waals surface area contributed by atoms with Gasteiger partial charge in [-0.3, -0.25) is 0 Å². The van der Waals surface area contributed by atoms with Crippen LogP contribution >= 0.6 is 11.6 Å². The van der Waals surface area contributed by atoms with Crippen molar-refractivity contribution in [2.24, 2.45) is 5.92 Å². The first-order valence-electron chi connectivity index (χ1n) is 4.84. The fourth-order valence-electron chi connectivity index (χ4n) is 1.31. The highest BCUT2D eigenvalue weighted by molar-refractivity contribution is 6.31. The molecule has 14 heavy (non-hydrogen) atoms. The SMILES string of the molecule is Cc1ccc(CCC(C)C=O)c(Cl)c1. The summed E-state index contributed by atoms with van der Waals surface area (Å²) in [7, 11) is 0. The third kappa shape index (κ3) is 3.15.